The molecule has 0 saturated heterocycles. The third-order valence-corrected chi connectivity index (χ3v) is 10.6. The number of aryl methyl sites for hydroxylation is 1. The number of fused-ring (bicyclic) bond motifs is 5. The third kappa shape index (κ3) is 6.65. The molecular formula is C47H39N5O. The minimum Gasteiger partial charge on any atom is -0.307 e. The highest BCUT2D eigenvalue weighted by atomic mass is 16.2. The Morgan fingerprint density at radius 1 is 0.736 bits per heavy atom. The third-order valence-electron chi connectivity index (χ3n) is 10.6. The molecule has 258 valence electrons. The summed E-state index contributed by atoms with van der Waals surface area (Å²) in [5.74, 6) is 0.574. The monoisotopic (exact) mass is 689 g/mol. The van der Waals surface area contributed by atoms with Gasteiger partial charge in [0.1, 0.15) is 11.5 Å². The van der Waals surface area contributed by atoms with E-state index in [1.165, 1.54) is 33.0 Å². The molecule has 0 radical (unpaired) electrons. The molecule has 1 unspecified atom stereocenters. The molecule has 2 aliphatic carbocycles. The van der Waals surface area contributed by atoms with Crippen molar-refractivity contribution in [1.82, 2.24) is 20.3 Å². The molecule has 7 aromatic rings. The number of hydrogen-bond donors (Lipinski definition) is 1. The molecule has 3 heterocycles. The van der Waals surface area contributed by atoms with E-state index in [0.717, 1.165) is 59.1 Å². The molecule has 1 amide bonds. The van der Waals surface area contributed by atoms with Crippen LogP contribution in [0.25, 0.3) is 27.2 Å². The number of hydrogen-bond acceptors (Lipinski definition) is 5. The van der Waals surface area contributed by atoms with Crippen molar-refractivity contribution < 1.29 is 4.79 Å². The van der Waals surface area contributed by atoms with Crippen molar-refractivity contribution in [2.75, 3.05) is 4.90 Å². The van der Waals surface area contributed by atoms with E-state index in [1.807, 2.05) is 53.6 Å². The van der Waals surface area contributed by atoms with Crippen LogP contribution in [0.15, 0.2) is 158 Å². The standard InChI is InChI=1S/C47H39N5O/c53-47(45-14-6-8-26-50-45)52(31-33-17-15-32(16-18-33)29-48-30-38-11-5-7-25-49-38)46-43(28-37-10-2-4-13-44(37)51-46)36-20-22-40-35(27-36)21-24-41-39-12-3-1-9-34(39)19-23-42(40)41/h1-20,22-23,25-26,28,36,48H,21,24,27,29-31H2. The number of rotatable bonds is 9. The zero-order chi connectivity index (χ0) is 35.6. The van der Waals surface area contributed by atoms with Gasteiger partial charge in [-0.3, -0.25) is 19.7 Å². The van der Waals surface area contributed by atoms with Gasteiger partial charge in [0.05, 0.1) is 17.8 Å². The van der Waals surface area contributed by atoms with Crippen LogP contribution >= 0.6 is 0 Å². The minimum absolute atomic E-state index is 0.0643. The SMILES string of the molecule is O=C(c1ccccn1)N(Cc1ccc(CNCc2ccccn2)cc1)c1nc2ccccc2cc1C1C=CC2=C(CCc3c2ccc2ccccc32)C1. The highest BCUT2D eigenvalue weighted by Gasteiger charge is 2.30. The Balaban J connectivity index is 1.06. The summed E-state index contributed by atoms with van der Waals surface area (Å²) in [5.41, 5.74) is 11.1. The highest BCUT2D eigenvalue weighted by Crippen LogP contribution is 2.45. The summed E-state index contributed by atoms with van der Waals surface area (Å²) in [4.78, 5) is 30.5. The molecule has 2 aliphatic rings. The second-order valence-corrected chi connectivity index (χ2v) is 13.9. The van der Waals surface area contributed by atoms with Gasteiger partial charge in [-0.2, -0.15) is 0 Å². The molecule has 1 atom stereocenters. The second-order valence-electron chi connectivity index (χ2n) is 13.9. The molecule has 0 spiro atoms. The molecular weight excluding hydrogens is 651 g/mol. The van der Waals surface area contributed by atoms with Crippen LogP contribution in [-0.2, 0) is 26.1 Å². The maximum absolute atomic E-state index is 14.5. The first kappa shape index (κ1) is 32.7. The smallest absolute Gasteiger partial charge is 0.278 e. The van der Waals surface area contributed by atoms with Crippen molar-refractivity contribution in [2.45, 2.75) is 44.8 Å². The van der Waals surface area contributed by atoms with E-state index in [1.54, 1.807) is 12.3 Å². The number of nitrogens with one attached hydrogen (secondary N) is 1. The summed E-state index contributed by atoms with van der Waals surface area (Å²) >= 11 is 0. The van der Waals surface area contributed by atoms with Gasteiger partial charge in [0.15, 0.2) is 0 Å². The van der Waals surface area contributed by atoms with E-state index in [9.17, 15) is 4.79 Å². The van der Waals surface area contributed by atoms with Crippen LogP contribution in [0.2, 0.25) is 0 Å². The Labute approximate surface area is 309 Å². The van der Waals surface area contributed by atoms with Gasteiger partial charge in [-0.15, -0.1) is 0 Å². The maximum Gasteiger partial charge on any atom is 0.278 e. The Bertz CT molecular complexity index is 2510. The summed E-state index contributed by atoms with van der Waals surface area (Å²) in [5, 5.41) is 7.19. The number of benzene rings is 4. The zero-order valence-corrected chi connectivity index (χ0v) is 29.5. The molecule has 0 saturated carbocycles. The molecule has 0 bridgehead atoms. The van der Waals surface area contributed by atoms with Gasteiger partial charge in [-0.1, -0.05) is 109 Å². The first-order chi connectivity index (χ1) is 26.2. The lowest BCUT2D eigenvalue weighted by Gasteiger charge is -2.31. The lowest BCUT2D eigenvalue weighted by atomic mass is 9.75. The second kappa shape index (κ2) is 14.4. The van der Waals surface area contributed by atoms with Gasteiger partial charge in [0.2, 0.25) is 0 Å². The summed E-state index contributed by atoms with van der Waals surface area (Å²) in [7, 11) is 0. The number of amides is 1. The largest absolute Gasteiger partial charge is 0.307 e. The van der Waals surface area contributed by atoms with E-state index < -0.39 is 0 Å². The predicted molar refractivity (Wildman–Crippen MR) is 213 cm³/mol. The normalized spacial score (nSPS) is 15.0. The van der Waals surface area contributed by atoms with Crippen LogP contribution in [0.5, 0.6) is 0 Å². The number of anilines is 1. The van der Waals surface area contributed by atoms with Crippen molar-refractivity contribution >= 4 is 39.0 Å². The highest BCUT2D eigenvalue weighted by molar-refractivity contribution is 6.05. The molecule has 6 nitrogen and oxygen atoms in total. The quantitative estimate of drug-likeness (QED) is 0.163. The van der Waals surface area contributed by atoms with Crippen LogP contribution in [0.4, 0.5) is 5.82 Å². The molecule has 3 aromatic heterocycles. The first-order valence-corrected chi connectivity index (χ1v) is 18.4. The Morgan fingerprint density at radius 3 is 2.34 bits per heavy atom. The number of carbonyl (C=O) groups is 1. The fourth-order valence-electron chi connectivity index (χ4n) is 7.90. The summed E-state index contributed by atoms with van der Waals surface area (Å²) in [6, 6.07) is 43.6. The molecule has 6 heteroatoms. The predicted octanol–water partition coefficient (Wildman–Crippen LogP) is 9.76. The number of para-hydroxylation sites is 1. The van der Waals surface area contributed by atoms with Crippen LogP contribution in [0.1, 0.15) is 62.8 Å². The van der Waals surface area contributed by atoms with Crippen LogP contribution in [0.3, 0.4) is 0 Å². The maximum atomic E-state index is 14.5. The number of nitrogens with zero attached hydrogens (tertiary/aromatic N) is 4. The van der Waals surface area contributed by atoms with Crippen LogP contribution in [0, 0.1) is 0 Å². The minimum atomic E-state index is -0.172. The van der Waals surface area contributed by atoms with Crippen molar-refractivity contribution in [1.29, 1.82) is 0 Å². The van der Waals surface area contributed by atoms with E-state index in [0.29, 0.717) is 24.6 Å². The number of carbonyl (C=O) groups excluding carboxylic acids is 1. The van der Waals surface area contributed by atoms with E-state index in [2.05, 4.69) is 106 Å². The average Bonchev–Trinajstić information content (AvgIpc) is 3.23. The molecule has 9 rings (SSSR count). The molecule has 0 fully saturated rings. The average molecular weight is 690 g/mol. The van der Waals surface area contributed by atoms with Crippen molar-refractivity contribution in [3.05, 3.63) is 197 Å². The van der Waals surface area contributed by atoms with Gasteiger partial charge in [-0.25, -0.2) is 4.98 Å². The van der Waals surface area contributed by atoms with E-state index in [4.69, 9.17) is 4.98 Å². The van der Waals surface area contributed by atoms with Crippen LogP contribution in [-0.4, -0.2) is 20.9 Å². The molecule has 4 aromatic carbocycles. The number of allylic oxidation sites excluding steroid dienone is 4. The lowest BCUT2D eigenvalue weighted by Crippen LogP contribution is -2.33. The van der Waals surface area contributed by atoms with Gasteiger partial charge in [-0.05, 0) is 94.3 Å². The van der Waals surface area contributed by atoms with Crippen molar-refractivity contribution in [3.8, 4) is 0 Å². The summed E-state index contributed by atoms with van der Waals surface area (Å²) < 4.78 is 0. The van der Waals surface area contributed by atoms with E-state index >= 15 is 0 Å². The van der Waals surface area contributed by atoms with Gasteiger partial charge >= 0.3 is 0 Å². The Hall–Kier alpha value is -6.24. The first-order valence-electron chi connectivity index (χ1n) is 18.4. The van der Waals surface area contributed by atoms with Gasteiger partial charge < -0.3 is 5.32 Å². The van der Waals surface area contributed by atoms with Gasteiger partial charge in [0.25, 0.3) is 5.91 Å². The van der Waals surface area contributed by atoms with E-state index in [-0.39, 0.29) is 11.8 Å². The van der Waals surface area contributed by atoms with Crippen LogP contribution < -0.4 is 10.2 Å². The Kier molecular flexibility index (Phi) is 8.88. The number of pyridine rings is 3. The zero-order valence-electron chi connectivity index (χ0n) is 29.5. The summed E-state index contributed by atoms with van der Waals surface area (Å²) in [6.45, 7) is 1.78. The fraction of sp³-hybridized carbons (Fsp3) is 0.149. The van der Waals surface area contributed by atoms with Crippen molar-refractivity contribution in [3.63, 3.8) is 0 Å². The summed E-state index contributed by atoms with van der Waals surface area (Å²) in [6.07, 6.45) is 11.1. The fourth-order valence-corrected chi connectivity index (χ4v) is 7.90. The molecule has 1 N–H and O–H groups in total. The van der Waals surface area contributed by atoms with Gasteiger partial charge in [0, 0.05) is 42.4 Å². The molecule has 0 aliphatic heterocycles. The number of aromatic nitrogens is 3. The lowest BCUT2D eigenvalue weighted by molar-refractivity contribution is 0.0979. The molecule has 53 heavy (non-hydrogen) atoms. The Morgan fingerprint density at radius 2 is 1.51 bits per heavy atom. The van der Waals surface area contributed by atoms with Crippen molar-refractivity contribution in [2.24, 2.45) is 0 Å². The topological polar surface area (TPSA) is 71.0 Å².